The van der Waals surface area contributed by atoms with E-state index in [2.05, 4.69) is 32.9 Å². The third-order valence-corrected chi connectivity index (χ3v) is 3.13. The van der Waals surface area contributed by atoms with Crippen LogP contribution in [0.25, 0.3) is 0 Å². The molecule has 1 amide bonds. The fraction of sp³-hybridized carbons (Fsp3) is 0.667. The Morgan fingerprint density at radius 3 is 2.29 bits per heavy atom. The SMILES string of the molecule is CC=C(C)CCC=C(C)CCCN(C)C(C)=O. The zero-order valence-corrected chi connectivity index (χ0v) is 12.0. The van der Waals surface area contributed by atoms with Crippen LogP contribution >= 0.6 is 0 Å². The standard InChI is InChI=1S/C15H27NO/c1-6-13(2)9-7-10-14(3)11-8-12-16(5)15(4)17/h6,10H,7-9,11-12H2,1-5H3. The first kappa shape index (κ1) is 16.0. The lowest BCUT2D eigenvalue weighted by atomic mass is 10.1. The first-order chi connectivity index (χ1) is 7.97. The summed E-state index contributed by atoms with van der Waals surface area (Å²) in [6.07, 6.45) is 8.92. The minimum absolute atomic E-state index is 0.148. The topological polar surface area (TPSA) is 20.3 Å². The summed E-state index contributed by atoms with van der Waals surface area (Å²) in [7, 11) is 1.86. The van der Waals surface area contributed by atoms with E-state index in [4.69, 9.17) is 0 Å². The third-order valence-electron chi connectivity index (χ3n) is 3.13. The van der Waals surface area contributed by atoms with Gasteiger partial charge in [0.15, 0.2) is 0 Å². The Morgan fingerprint density at radius 1 is 1.12 bits per heavy atom. The molecule has 0 N–H and O–H groups in total. The molecule has 2 nitrogen and oxygen atoms in total. The van der Waals surface area contributed by atoms with E-state index in [0.29, 0.717) is 0 Å². The number of amides is 1. The Labute approximate surface area is 106 Å². The number of carbonyl (C=O) groups excluding carboxylic acids is 1. The maximum absolute atomic E-state index is 11.0. The summed E-state index contributed by atoms with van der Waals surface area (Å²) in [6, 6.07) is 0. The van der Waals surface area contributed by atoms with E-state index in [1.165, 1.54) is 11.1 Å². The molecule has 0 bridgehead atoms. The van der Waals surface area contributed by atoms with Gasteiger partial charge in [-0.3, -0.25) is 4.79 Å². The first-order valence-corrected chi connectivity index (χ1v) is 6.46. The highest BCUT2D eigenvalue weighted by Crippen LogP contribution is 2.10. The van der Waals surface area contributed by atoms with Gasteiger partial charge in [-0.25, -0.2) is 0 Å². The maximum atomic E-state index is 11.0. The van der Waals surface area contributed by atoms with Gasteiger partial charge in [0, 0.05) is 20.5 Å². The van der Waals surface area contributed by atoms with Crippen LogP contribution in [0.4, 0.5) is 0 Å². The van der Waals surface area contributed by atoms with E-state index in [1.54, 1.807) is 11.8 Å². The predicted octanol–water partition coefficient (Wildman–Crippen LogP) is 3.94. The summed E-state index contributed by atoms with van der Waals surface area (Å²) in [5, 5.41) is 0. The molecule has 0 heterocycles. The van der Waals surface area contributed by atoms with E-state index in [9.17, 15) is 4.79 Å². The Morgan fingerprint density at radius 2 is 1.76 bits per heavy atom. The third kappa shape index (κ3) is 8.73. The van der Waals surface area contributed by atoms with Gasteiger partial charge >= 0.3 is 0 Å². The van der Waals surface area contributed by atoms with E-state index in [-0.39, 0.29) is 5.91 Å². The summed E-state index contributed by atoms with van der Waals surface area (Å²) in [4.78, 5) is 12.8. The molecule has 0 atom stereocenters. The van der Waals surface area contributed by atoms with E-state index >= 15 is 0 Å². The molecule has 0 rings (SSSR count). The van der Waals surface area contributed by atoms with Crippen LogP contribution in [-0.2, 0) is 4.79 Å². The van der Waals surface area contributed by atoms with Gasteiger partial charge in [0.25, 0.3) is 0 Å². The number of allylic oxidation sites excluding steroid dienone is 4. The molecule has 0 fully saturated rings. The van der Waals surface area contributed by atoms with Crippen molar-refractivity contribution >= 4 is 5.91 Å². The van der Waals surface area contributed by atoms with Crippen molar-refractivity contribution in [2.24, 2.45) is 0 Å². The number of hydrogen-bond donors (Lipinski definition) is 0. The molecule has 2 heteroatoms. The number of hydrogen-bond acceptors (Lipinski definition) is 1. The fourth-order valence-corrected chi connectivity index (χ4v) is 1.55. The van der Waals surface area contributed by atoms with E-state index < -0.39 is 0 Å². The van der Waals surface area contributed by atoms with Crippen LogP contribution in [-0.4, -0.2) is 24.4 Å². The fourth-order valence-electron chi connectivity index (χ4n) is 1.55. The van der Waals surface area contributed by atoms with Crippen molar-refractivity contribution in [2.75, 3.05) is 13.6 Å². The van der Waals surface area contributed by atoms with Crippen molar-refractivity contribution in [1.29, 1.82) is 0 Å². The van der Waals surface area contributed by atoms with Crippen LogP contribution in [0, 0.1) is 0 Å². The van der Waals surface area contributed by atoms with Crippen molar-refractivity contribution in [3.8, 4) is 0 Å². The van der Waals surface area contributed by atoms with Crippen molar-refractivity contribution in [3.63, 3.8) is 0 Å². The van der Waals surface area contributed by atoms with Gasteiger partial charge < -0.3 is 4.90 Å². The summed E-state index contributed by atoms with van der Waals surface area (Å²) >= 11 is 0. The lowest BCUT2D eigenvalue weighted by Gasteiger charge is -2.14. The average molecular weight is 237 g/mol. The molecule has 0 unspecified atom stereocenters. The summed E-state index contributed by atoms with van der Waals surface area (Å²) in [5.74, 6) is 0.148. The Kier molecular flexibility index (Phi) is 8.47. The van der Waals surface area contributed by atoms with Gasteiger partial charge in [0.1, 0.15) is 0 Å². The van der Waals surface area contributed by atoms with Gasteiger partial charge in [-0.15, -0.1) is 0 Å². The number of rotatable bonds is 7. The minimum atomic E-state index is 0.148. The Bertz CT molecular complexity index is 289. The molecule has 0 radical (unpaired) electrons. The van der Waals surface area contributed by atoms with E-state index in [0.717, 1.165) is 32.2 Å². The average Bonchev–Trinajstić information content (AvgIpc) is 2.28. The maximum Gasteiger partial charge on any atom is 0.219 e. The summed E-state index contributed by atoms with van der Waals surface area (Å²) in [6.45, 7) is 8.91. The highest BCUT2D eigenvalue weighted by Gasteiger charge is 2.00. The van der Waals surface area contributed by atoms with Gasteiger partial charge in [-0.05, 0) is 46.5 Å². The Balaban J connectivity index is 3.75. The lowest BCUT2D eigenvalue weighted by Crippen LogP contribution is -2.24. The zero-order valence-electron chi connectivity index (χ0n) is 12.0. The molecule has 0 saturated heterocycles. The van der Waals surface area contributed by atoms with Crippen molar-refractivity contribution < 1.29 is 4.79 Å². The molecule has 0 aromatic rings. The first-order valence-electron chi connectivity index (χ1n) is 6.46. The van der Waals surface area contributed by atoms with Crippen molar-refractivity contribution in [2.45, 2.75) is 53.4 Å². The molecule has 0 aromatic carbocycles. The van der Waals surface area contributed by atoms with Gasteiger partial charge in [-0.1, -0.05) is 23.3 Å². The minimum Gasteiger partial charge on any atom is -0.346 e. The smallest absolute Gasteiger partial charge is 0.219 e. The van der Waals surface area contributed by atoms with Crippen molar-refractivity contribution in [1.82, 2.24) is 4.90 Å². The monoisotopic (exact) mass is 237 g/mol. The molecular weight excluding hydrogens is 210 g/mol. The normalized spacial score (nSPS) is 12.8. The van der Waals surface area contributed by atoms with Crippen LogP contribution in [0.5, 0.6) is 0 Å². The van der Waals surface area contributed by atoms with Crippen LogP contribution < -0.4 is 0 Å². The second-order valence-corrected chi connectivity index (χ2v) is 4.77. The van der Waals surface area contributed by atoms with Crippen LogP contribution in [0.2, 0.25) is 0 Å². The largest absolute Gasteiger partial charge is 0.346 e. The molecular formula is C15H27NO. The number of nitrogens with zero attached hydrogens (tertiary/aromatic N) is 1. The molecule has 98 valence electrons. The highest BCUT2D eigenvalue weighted by atomic mass is 16.2. The molecule has 0 aliphatic heterocycles. The van der Waals surface area contributed by atoms with Gasteiger partial charge in [0.2, 0.25) is 5.91 Å². The zero-order chi connectivity index (χ0) is 13.3. The van der Waals surface area contributed by atoms with Crippen LogP contribution in [0.15, 0.2) is 23.3 Å². The molecule has 0 aliphatic rings. The van der Waals surface area contributed by atoms with Crippen LogP contribution in [0.3, 0.4) is 0 Å². The molecule has 0 saturated carbocycles. The van der Waals surface area contributed by atoms with Crippen molar-refractivity contribution in [3.05, 3.63) is 23.3 Å². The quantitative estimate of drug-likeness (QED) is 0.614. The molecule has 0 spiro atoms. The highest BCUT2D eigenvalue weighted by molar-refractivity contribution is 5.72. The van der Waals surface area contributed by atoms with Gasteiger partial charge in [0.05, 0.1) is 0 Å². The lowest BCUT2D eigenvalue weighted by molar-refractivity contribution is -0.127. The van der Waals surface area contributed by atoms with Gasteiger partial charge in [-0.2, -0.15) is 0 Å². The predicted molar refractivity (Wildman–Crippen MR) is 75.0 cm³/mol. The molecule has 0 aromatic heterocycles. The second-order valence-electron chi connectivity index (χ2n) is 4.77. The Hall–Kier alpha value is -1.05. The van der Waals surface area contributed by atoms with Crippen LogP contribution in [0.1, 0.15) is 53.4 Å². The molecule has 17 heavy (non-hydrogen) atoms. The number of carbonyl (C=O) groups is 1. The second kappa shape index (κ2) is 9.03. The summed E-state index contributed by atoms with van der Waals surface area (Å²) < 4.78 is 0. The van der Waals surface area contributed by atoms with E-state index in [1.807, 2.05) is 7.05 Å². The molecule has 0 aliphatic carbocycles. The summed E-state index contributed by atoms with van der Waals surface area (Å²) in [5.41, 5.74) is 2.89.